The molecule has 0 radical (unpaired) electrons. The van der Waals surface area contributed by atoms with Gasteiger partial charge in [-0.05, 0) is 44.2 Å². The zero-order valence-electron chi connectivity index (χ0n) is 27.7. The molecule has 2 aromatic carbocycles. The fourth-order valence-electron chi connectivity index (χ4n) is 6.03. The van der Waals surface area contributed by atoms with Crippen molar-refractivity contribution < 1.29 is 19.4 Å². The predicted octanol–water partition coefficient (Wildman–Crippen LogP) is 5.68. The summed E-state index contributed by atoms with van der Waals surface area (Å²) in [6.07, 6.45) is 4.51. The number of amides is 1. The first kappa shape index (κ1) is 35.0. The van der Waals surface area contributed by atoms with Crippen molar-refractivity contribution in [2.45, 2.75) is 44.9 Å². The molecule has 0 saturated carbocycles. The molecular weight excluding hydrogens is 679 g/mol. The van der Waals surface area contributed by atoms with Crippen molar-refractivity contribution in [2.75, 3.05) is 20.7 Å². The fraction of sp³-hybridized carbons (Fsp3) is 0.270. The van der Waals surface area contributed by atoms with E-state index in [-0.39, 0.29) is 24.1 Å². The smallest absolute Gasteiger partial charge is 0.320 e. The number of rotatable bonds is 12. The number of nitrogens with one attached hydrogen (secondary N) is 2. The standard InChI is InChI=1S/C37H36Cl2N6O5/c1-21(37(48)49)44(2)20-24-18-41-31-16-22(14-15-45(31)36(24)47)26-6-4-7-27(33(26)38)28-8-5-9-29(34(28)39)30-12-10-23(35(43-30)50-3)17-40-19-25-11-13-32(46)42-25/h4-10,12,14-16,18,21,25,40H,11,13,17,19-20H2,1-3H3,(H,42,46)(H,48,49)/t21?,25-/m0/s1. The van der Waals surface area contributed by atoms with E-state index in [0.29, 0.717) is 57.9 Å². The van der Waals surface area contributed by atoms with Crippen molar-refractivity contribution in [3.63, 3.8) is 0 Å². The van der Waals surface area contributed by atoms with E-state index in [1.165, 1.54) is 10.6 Å². The maximum absolute atomic E-state index is 13.2. The Labute approximate surface area is 298 Å². The van der Waals surface area contributed by atoms with Gasteiger partial charge in [0.05, 0.1) is 28.4 Å². The van der Waals surface area contributed by atoms with E-state index in [2.05, 4.69) is 15.6 Å². The van der Waals surface area contributed by atoms with E-state index in [1.807, 2.05) is 48.5 Å². The van der Waals surface area contributed by atoms with Crippen LogP contribution in [-0.4, -0.2) is 69.0 Å². The first-order valence-electron chi connectivity index (χ1n) is 16.1. The van der Waals surface area contributed by atoms with Gasteiger partial charge in [-0.15, -0.1) is 0 Å². The zero-order chi connectivity index (χ0) is 35.5. The summed E-state index contributed by atoms with van der Waals surface area (Å²) in [7, 11) is 3.23. The maximum Gasteiger partial charge on any atom is 0.320 e. The Balaban J connectivity index is 1.26. The monoisotopic (exact) mass is 714 g/mol. The summed E-state index contributed by atoms with van der Waals surface area (Å²) < 4.78 is 7.07. The SMILES string of the molecule is COc1nc(-c2cccc(-c3cccc(-c4ccn5c(=O)c(CN(C)C(C)C(=O)O)cnc5c4)c3Cl)c2Cl)ccc1CNC[C@@H]1CCC(=O)N1. The van der Waals surface area contributed by atoms with Gasteiger partial charge in [0.25, 0.3) is 5.56 Å². The molecule has 2 atom stereocenters. The Kier molecular flexibility index (Phi) is 10.5. The summed E-state index contributed by atoms with van der Waals surface area (Å²) in [6.45, 7) is 2.90. The maximum atomic E-state index is 13.2. The van der Waals surface area contributed by atoms with Crippen LogP contribution in [-0.2, 0) is 22.7 Å². The lowest BCUT2D eigenvalue weighted by molar-refractivity contribution is -0.142. The third-order valence-electron chi connectivity index (χ3n) is 9.02. The molecule has 1 unspecified atom stereocenters. The Morgan fingerprint density at radius 3 is 2.44 bits per heavy atom. The fourth-order valence-corrected chi connectivity index (χ4v) is 6.69. The van der Waals surface area contributed by atoms with Crippen molar-refractivity contribution in [1.82, 2.24) is 29.9 Å². The van der Waals surface area contributed by atoms with Crippen LogP contribution in [0.4, 0.5) is 0 Å². The lowest BCUT2D eigenvalue weighted by atomic mass is 9.97. The van der Waals surface area contributed by atoms with Crippen LogP contribution in [0.5, 0.6) is 5.88 Å². The number of carbonyl (C=O) groups is 2. The molecule has 258 valence electrons. The molecule has 1 amide bonds. The van der Waals surface area contributed by atoms with Gasteiger partial charge in [-0.3, -0.25) is 23.7 Å². The molecule has 13 heteroatoms. The number of carbonyl (C=O) groups excluding carboxylic acids is 1. The van der Waals surface area contributed by atoms with Crippen LogP contribution in [0.3, 0.4) is 0 Å². The molecule has 1 saturated heterocycles. The molecule has 1 aliphatic heterocycles. The van der Waals surface area contributed by atoms with Gasteiger partial charge >= 0.3 is 5.97 Å². The van der Waals surface area contributed by atoms with Gasteiger partial charge in [0, 0.05) is 72.3 Å². The Morgan fingerprint density at radius 2 is 1.76 bits per heavy atom. The molecule has 1 aliphatic rings. The first-order valence-corrected chi connectivity index (χ1v) is 16.9. The minimum absolute atomic E-state index is 0.0853. The molecule has 0 aliphatic carbocycles. The number of ether oxygens (including phenoxy) is 1. The summed E-state index contributed by atoms with van der Waals surface area (Å²) in [6, 6.07) is 18.2. The Bertz CT molecular complexity index is 2160. The molecular formula is C37H36Cl2N6O5. The molecule has 0 spiro atoms. The number of likely N-dealkylation sites (N-methyl/N-ethyl adjacent to an activating group) is 1. The lowest BCUT2D eigenvalue weighted by Crippen LogP contribution is -2.37. The van der Waals surface area contributed by atoms with E-state index >= 15 is 0 Å². The van der Waals surface area contributed by atoms with Gasteiger partial charge < -0.3 is 20.5 Å². The third kappa shape index (κ3) is 7.22. The van der Waals surface area contributed by atoms with E-state index in [0.717, 1.165) is 34.2 Å². The van der Waals surface area contributed by atoms with Crippen LogP contribution >= 0.6 is 23.2 Å². The van der Waals surface area contributed by atoms with Gasteiger partial charge in [-0.1, -0.05) is 65.7 Å². The van der Waals surface area contributed by atoms with Gasteiger partial charge in [0.2, 0.25) is 11.8 Å². The Hall–Kier alpha value is -4.81. The van der Waals surface area contributed by atoms with E-state index < -0.39 is 12.0 Å². The second-order valence-electron chi connectivity index (χ2n) is 12.3. The highest BCUT2D eigenvalue weighted by molar-refractivity contribution is 6.39. The number of hydrogen-bond donors (Lipinski definition) is 3. The molecule has 1 fully saturated rings. The van der Waals surface area contributed by atoms with Crippen LogP contribution in [0.1, 0.15) is 30.9 Å². The van der Waals surface area contributed by atoms with Crippen LogP contribution < -0.4 is 20.9 Å². The average molecular weight is 716 g/mol. The second-order valence-corrected chi connectivity index (χ2v) is 13.1. The van der Waals surface area contributed by atoms with Crippen molar-refractivity contribution in [3.05, 3.63) is 105 Å². The number of benzene rings is 2. The third-order valence-corrected chi connectivity index (χ3v) is 9.83. The number of hydrogen-bond acceptors (Lipinski definition) is 8. The minimum Gasteiger partial charge on any atom is -0.481 e. The molecule has 3 aromatic heterocycles. The molecule has 5 aromatic rings. The van der Waals surface area contributed by atoms with E-state index in [9.17, 15) is 19.5 Å². The highest BCUT2D eigenvalue weighted by Gasteiger charge is 2.22. The first-order chi connectivity index (χ1) is 24.0. The second kappa shape index (κ2) is 15.0. The van der Waals surface area contributed by atoms with Gasteiger partial charge in [0.15, 0.2) is 0 Å². The number of fused-ring (bicyclic) bond motifs is 1. The zero-order valence-corrected chi connectivity index (χ0v) is 29.3. The summed E-state index contributed by atoms with van der Waals surface area (Å²) >= 11 is 14.1. The quantitative estimate of drug-likeness (QED) is 0.149. The van der Waals surface area contributed by atoms with Crippen molar-refractivity contribution in [3.8, 4) is 39.4 Å². The number of nitrogens with zero attached hydrogens (tertiary/aromatic N) is 4. The van der Waals surface area contributed by atoms with Crippen LogP contribution in [0.15, 0.2) is 77.9 Å². The molecule has 50 heavy (non-hydrogen) atoms. The summed E-state index contributed by atoms with van der Waals surface area (Å²) in [5.74, 6) is -0.409. The molecule has 3 N–H and O–H groups in total. The van der Waals surface area contributed by atoms with Crippen LogP contribution in [0.2, 0.25) is 10.0 Å². The molecule has 11 nitrogen and oxygen atoms in total. The summed E-state index contributed by atoms with van der Waals surface area (Å²) in [5, 5.41) is 16.6. The van der Waals surface area contributed by atoms with Crippen molar-refractivity contribution in [2.24, 2.45) is 0 Å². The minimum atomic E-state index is -0.971. The summed E-state index contributed by atoms with van der Waals surface area (Å²) in [4.78, 5) is 47.0. The number of pyridine rings is 2. The largest absolute Gasteiger partial charge is 0.481 e. The Morgan fingerprint density at radius 1 is 1.06 bits per heavy atom. The number of halogens is 2. The van der Waals surface area contributed by atoms with Gasteiger partial charge in [0.1, 0.15) is 11.7 Å². The predicted molar refractivity (Wildman–Crippen MR) is 194 cm³/mol. The lowest BCUT2D eigenvalue weighted by Gasteiger charge is -2.20. The van der Waals surface area contributed by atoms with E-state index in [4.69, 9.17) is 32.9 Å². The molecule has 6 rings (SSSR count). The van der Waals surface area contributed by atoms with Crippen molar-refractivity contribution in [1.29, 1.82) is 0 Å². The number of methoxy groups -OCH3 is 1. The average Bonchev–Trinajstić information content (AvgIpc) is 3.53. The van der Waals surface area contributed by atoms with Gasteiger partial charge in [-0.2, -0.15) is 0 Å². The molecule has 0 bridgehead atoms. The van der Waals surface area contributed by atoms with Crippen LogP contribution in [0, 0.1) is 0 Å². The number of aromatic nitrogens is 3. The molecule has 4 heterocycles. The highest BCUT2D eigenvalue weighted by atomic mass is 35.5. The van der Waals surface area contributed by atoms with Crippen molar-refractivity contribution >= 4 is 40.7 Å². The number of carboxylic acids is 1. The number of aliphatic carboxylic acids is 1. The number of carboxylic acid groups (broad SMARTS) is 1. The highest BCUT2D eigenvalue weighted by Crippen LogP contribution is 2.42. The normalized spacial score (nSPS) is 15.0. The van der Waals surface area contributed by atoms with Gasteiger partial charge in [-0.25, -0.2) is 9.97 Å². The van der Waals surface area contributed by atoms with Crippen LogP contribution in [0.25, 0.3) is 39.2 Å². The summed E-state index contributed by atoms with van der Waals surface area (Å²) in [5.41, 5.74) is 5.70. The van der Waals surface area contributed by atoms with E-state index in [1.54, 1.807) is 44.3 Å². The topological polar surface area (TPSA) is 138 Å².